The van der Waals surface area contributed by atoms with Crippen molar-refractivity contribution < 1.29 is 0 Å². The monoisotopic (exact) mass is 286 g/mol. The lowest BCUT2D eigenvalue weighted by molar-refractivity contribution is 0.683. The number of aromatic nitrogens is 1. The van der Waals surface area contributed by atoms with E-state index in [9.17, 15) is 0 Å². The Morgan fingerprint density at radius 2 is 1.90 bits per heavy atom. The third-order valence-corrected chi connectivity index (χ3v) is 4.16. The summed E-state index contributed by atoms with van der Waals surface area (Å²) in [6.45, 7) is 2.16. The van der Waals surface area contributed by atoms with Crippen LogP contribution in [0.2, 0.25) is 5.15 Å². The van der Waals surface area contributed by atoms with E-state index in [1.54, 1.807) is 6.07 Å². The van der Waals surface area contributed by atoms with Gasteiger partial charge in [-0.05, 0) is 61.4 Å². The van der Waals surface area contributed by atoms with Crippen LogP contribution < -0.4 is 5.32 Å². The predicted octanol–water partition coefficient (Wildman–Crippen LogP) is 4.79. The summed E-state index contributed by atoms with van der Waals surface area (Å²) in [5, 5.41) is 3.93. The van der Waals surface area contributed by atoms with Crippen molar-refractivity contribution in [3.8, 4) is 0 Å². The lowest BCUT2D eigenvalue weighted by Crippen LogP contribution is -2.10. The third-order valence-electron chi connectivity index (χ3n) is 3.95. The van der Waals surface area contributed by atoms with Gasteiger partial charge in [-0.15, -0.1) is 0 Å². The highest BCUT2D eigenvalue weighted by Gasteiger charge is 2.12. The Morgan fingerprint density at radius 1 is 1.10 bits per heavy atom. The van der Waals surface area contributed by atoms with Crippen LogP contribution in [0.25, 0.3) is 0 Å². The third kappa shape index (κ3) is 2.96. The standard InChI is InChI=1S/C17H19ClN2/c1-12(19-17-8-4-7-16(18)20-17)14-10-9-13-5-2-3-6-15(13)11-14/h4,7-12H,2-3,5-6H2,1H3,(H,19,20). The Kier molecular flexibility index (Phi) is 3.93. The van der Waals surface area contributed by atoms with Crippen molar-refractivity contribution in [2.45, 2.75) is 38.6 Å². The molecule has 1 aliphatic rings. The van der Waals surface area contributed by atoms with Gasteiger partial charge in [0.05, 0.1) is 0 Å². The zero-order chi connectivity index (χ0) is 13.9. The first-order chi connectivity index (χ1) is 9.72. The fourth-order valence-electron chi connectivity index (χ4n) is 2.82. The highest BCUT2D eigenvalue weighted by Crippen LogP contribution is 2.26. The van der Waals surface area contributed by atoms with Crippen LogP contribution in [0.1, 0.15) is 42.5 Å². The van der Waals surface area contributed by atoms with Crippen LogP contribution in [0.15, 0.2) is 36.4 Å². The first-order valence-electron chi connectivity index (χ1n) is 7.23. The molecule has 0 saturated heterocycles. The molecule has 0 bridgehead atoms. The summed E-state index contributed by atoms with van der Waals surface area (Å²) in [4.78, 5) is 4.28. The summed E-state index contributed by atoms with van der Waals surface area (Å²) in [5.41, 5.74) is 4.35. The van der Waals surface area contributed by atoms with E-state index in [4.69, 9.17) is 11.6 Å². The number of fused-ring (bicyclic) bond motifs is 1. The van der Waals surface area contributed by atoms with Gasteiger partial charge in [0.1, 0.15) is 11.0 Å². The second kappa shape index (κ2) is 5.84. The van der Waals surface area contributed by atoms with Crippen LogP contribution in [0, 0.1) is 0 Å². The molecule has 0 spiro atoms. The topological polar surface area (TPSA) is 24.9 Å². The minimum atomic E-state index is 0.230. The molecule has 0 radical (unpaired) electrons. The SMILES string of the molecule is CC(Nc1cccc(Cl)n1)c1ccc2c(c1)CCCC2. The van der Waals surface area contributed by atoms with Crippen LogP contribution in [0.5, 0.6) is 0 Å². The Labute approximate surface area is 125 Å². The number of pyridine rings is 1. The lowest BCUT2D eigenvalue weighted by atomic mass is 9.89. The molecule has 1 aromatic heterocycles. The molecular weight excluding hydrogens is 268 g/mol. The molecule has 1 aliphatic carbocycles. The van der Waals surface area contributed by atoms with Gasteiger partial charge in [-0.2, -0.15) is 0 Å². The molecule has 20 heavy (non-hydrogen) atoms. The Balaban J connectivity index is 1.78. The average molecular weight is 287 g/mol. The molecule has 0 saturated carbocycles. The second-order valence-electron chi connectivity index (χ2n) is 5.45. The first-order valence-corrected chi connectivity index (χ1v) is 7.61. The van der Waals surface area contributed by atoms with Crippen molar-refractivity contribution in [3.63, 3.8) is 0 Å². The molecule has 0 aliphatic heterocycles. The summed E-state index contributed by atoms with van der Waals surface area (Å²) in [5.74, 6) is 0.822. The Morgan fingerprint density at radius 3 is 2.70 bits per heavy atom. The summed E-state index contributed by atoms with van der Waals surface area (Å²) in [6.07, 6.45) is 5.08. The predicted molar refractivity (Wildman–Crippen MR) is 84.4 cm³/mol. The van der Waals surface area contributed by atoms with E-state index >= 15 is 0 Å². The Bertz CT molecular complexity index is 610. The summed E-state index contributed by atoms with van der Waals surface area (Å²) < 4.78 is 0. The molecule has 1 aromatic carbocycles. The van der Waals surface area contributed by atoms with E-state index in [0.717, 1.165) is 5.82 Å². The van der Waals surface area contributed by atoms with Crippen LogP contribution >= 0.6 is 11.6 Å². The van der Waals surface area contributed by atoms with Crippen LogP contribution in [0.4, 0.5) is 5.82 Å². The molecule has 2 nitrogen and oxygen atoms in total. The summed E-state index contributed by atoms with van der Waals surface area (Å²) in [6, 6.07) is 12.7. The van der Waals surface area contributed by atoms with Gasteiger partial charge in [0.25, 0.3) is 0 Å². The lowest BCUT2D eigenvalue weighted by Gasteiger charge is -2.20. The number of benzene rings is 1. The maximum atomic E-state index is 5.92. The second-order valence-corrected chi connectivity index (χ2v) is 5.83. The largest absolute Gasteiger partial charge is 0.364 e. The summed E-state index contributed by atoms with van der Waals surface area (Å²) >= 11 is 5.92. The van der Waals surface area contributed by atoms with Crippen molar-refractivity contribution in [3.05, 3.63) is 58.2 Å². The number of hydrogen-bond acceptors (Lipinski definition) is 2. The smallest absolute Gasteiger partial charge is 0.131 e. The van der Waals surface area contributed by atoms with Crippen LogP contribution in [-0.2, 0) is 12.8 Å². The number of rotatable bonds is 3. The number of nitrogens with zero attached hydrogens (tertiary/aromatic N) is 1. The van der Waals surface area contributed by atoms with E-state index in [1.807, 2.05) is 12.1 Å². The fraction of sp³-hybridized carbons (Fsp3) is 0.353. The number of anilines is 1. The highest BCUT2D eigenvalue weighted by molar-refractivity contribution is 6.29. The van der Waals surface area contributed by atoms with Gasteiger partial charge >= 0.3 is 0 Å². The van der Waals surface area contributed by atoms with Crippen LogP contribution in [-0.4, -0.2) is 4.98 Å². The molecule has 3 heteroatoms. The van der Waals surface area contributed by atoms with E-state index in [1.165, 1.54) is 42.4 Å². The normalized spacial score (nSPS) is 15.5. The van der Waals surface area contributed by atoms with Crippen molar-refractivity contribution in [1.29, 1.82) is 0 Å². The Hall–Kier alpha value is -1.54. The zero-order valence-electron chi connectivity index (χ0n) is 11.7. The summed E-state index contributed by atoms with van der Waals surface area (Å²) in [7, 11) is 0. The molecule has 1 unspecified atom stereocenters. The maximum absolute atomic E-state index is 5.92. The van der Waals surface area contributed by atoms with Crippen molar-refractivity contribution >= 4 is 17.4 Å². The first kappa shape index (κ1) is 13.4. The number of hydrogen-bond donors (Lipinski definition) is 1. The fourth-order valence-corrected chi connectivity index (χ4v) is 2.98. The van der Waals surface area contributed by atoms with E-state index in [0.29, 0.717) is 5.15 Å². The van der Waals surface area contributed by atoms with Gasteiger partial charge in [-0.1, -0.05) is 35.9 Å². The van der Waals surface area contributed by atoms with Gasteiger partial charge in [0.2, 0.25) is 0 Å². The highest BCUT2D eigenvalue weighted by atomic mass is 35.5. The van der Waals surface area contributed by atoms with Crippen LogP contribution in [0.3, 0.4) is 0 Å². The number of aryl methyl sites for hydroxylation is 2. The molecular formula is C17H19ClN2. The molecule has 0 amide bonds. The molecule has 0 fully saturated rings. The zero-order valence-corrected chi connectivity index (χ0v) is 12.5. The van der Waals surface area contributed by atoms with Gasteiger partial charge in [-0.25, -0.2) is 4.98 Å². The number of halogens is 1. The van der Waals surface area contributed by atoms with Crippen molar-refractivity contribution in [2.75, 3.05) is 5.32 Å². The minimum absolute atomic E-state index is 0.230. The van der Waals surface area contributed by atoms with Gasteiger partial charge in [0, 0.05) is 6.04 Å². The molecule has 1 atom stereocenters. The number of nitrogens with one attached hydrogen (secondary N) is 1. The van der Waals surface area contributed by atoms with Gasteiger partial charge in [-0.3, -0.25) is 0 Å². The van der Waals surface area contributed by atoms with Gasteiger partial charge < -0.3 is 5.32 Å². The van der Waals surface area contributed by atoms with Crippen molar-refractivity contribution in [2.24, 2.45) is 0 Å². The average Bonchev–Trinajstić information content (AvgIpc) is 2.47. The van der Waals surface area contributed by atoms with E-state index in [-0.39, 0.29) is 6.04 Å². The molecule has 2 aromatic rings. The van der Waals surface area contributed by atoms with Crippen molar-refractivity contribution in [1.82, 2.24) is 4.98 Å². The molecule has 1 N–H and O–H groups in total. The molecule has 1 heterocycles. The van der Waals surface area contributed by atoms with E-state index in [2.05, 4.69) is 35.4 Å². The minimum Gasteiger partial charge on any atom is -0.364 e. The molecule has 3 rings (SSSR count). The maximum Gasteiger partial charge on any atom is 0.131 e. The van der Waals surface area contributed by atoms with E-state index < -0.39 is 0 Å². The van der Waals surface area contributed by atoms with Gasteiger partial charge in [0.15, 0.2) is 0 Å². The molecule has 104 valence electrons. The quantitative estimate of drug-likeness (QED) is 0.821.